The molecule has 0 aliphatic carbocycles. The van der Waals surface area contributed by atoms with Crippen molar-refractivity contribution < 1.29 is 19.0 Å². The van der Waals surface area contributed by atoms with Crippen molar-refractivity contribution in [2.75, 3.05) is 53.8 Å². The maximum atomic E-state index is 12.4. The molecule has 9 heteroatoms. The largest absolute Gasteiger partial charge is 0.493 e. The first-order chi connectivity index (χ1) is 13.4. The lowest BCUT2D eigenvalue weighted by molar-refractivity contribution is 0.0945. The Bertz CT molecular complexity index is 801. The monoisotopic (exact) mass is 389 g/mol. The molecule has 152 valence electrons. The van der Waals surface area contributed by atoms with Crippen LogP contribution in [0.25, 0.3) is 0 Å². The van der Waals surface area contributed by atoms with Gasteiger partial charge in [-0.1, -0.05) is 0 Å². The lowest BCUT2D eigenvalue weighted by atomic mass is 10.2. The number of likely N-dealkylation sites (N-methyl/N-ethyl adjacent to an activating group) is 1. The van der Waals surface area contributed by atoms with Gasteiger partial charge in [0.05, 0.1) is 21.3 Å². The van der Waals surface area contributed by atoms with Gasteiger partial charge < -0.3 is 29.7 Å². The minimum atomic E-state index is -0.250. The van der Waals surface area contributed by atoms with E-state index in [9.17, 15) is 4.79 Å². The average molecular weight is 389 g/mol. The van der Waals surface area contributed by atoms with Crippen molar-refractivity contribution in [3.63, 3.8) is 0 Å². The van der Waals surface area contributed by atoms with Gasteiger partial charge in [0.15, 0.2) is 11.5 Å². The molecule has 28 heavy (non-hydrogen) atoms. The van der Waals surface area contributed by atoms with E-state index in [2.05, 4.69) is 20.6 Å². The number of aryl methyl sites for hydroxylation is 1. The number of hydrogen-bond acceptors (Lipinski definition) is 8. The van der Waals surface area contributed by atoms with E-state index in [0.29, 0.717) is 46.8 Å². The molecule has 1 heterocycles. The highest BCUT2D eigenvalue weighted by atomic mass is 16.5. The lowest BCUT2D eigenvalue weighted by Gasteiger charge is -2.15. The zero-order chi connectivity index (χ0) is 20.7. The number of nitrogens with one attached hydrogen (secondary N) is 2. The van der Waals surface area contributed by atoms with Gasteiger partial charge in [-0.2, -0.15) is 0 Å². The predicted octanol–water partition coefficient (Wildman–Crippen LogP) is 1.85. The number of hydrogen-bond donors (Lipinski definition) is 2. The van der Waals surface area contributed by atoms with Crippen LogP contribution in [0.4, 0.5) is 11.5 Å². The smallest absolute Gasteiger partial charge is 0.270 e. The Labute approximate surface area is 165 Å². The molecule has 2 aromatic rings. The third-order valence-corrected chi connectivity index (χ3v) is 3.85. The number of amides is 1. The first-order valence-corrected chi connectivity index (χ1v) is 8.73. The maximum absolute atomic E-state index is 12.4. The second-order valence-electron chi connectivity index (χ2n) is 6.28. The molecule has 1 aromatic carbocycles. The number of benzene rings is 1. The van der Waals surface area contributed by atoms with Gasteiger partial charge in [0, 0.05) is 37.0 Å². The molecule has 9 nitrogen and oxygen atoms in total. The quantitative estimate of drug-likeness (QED) is 0.671. The molecule has 1 aromatic heterocycles. The van der Waals surface area contributed by atoms with Crippen molar-refractivity contribution in [3.05, 3.63) is 29.7 Å². The van der Waals surface area contributed by atoms with Crippen LogP contribution in [0.5, 0.6) is 17.2 Å². The standard InChI is InChI=1S/C19H27N5O4/c1-12-21-14(19(25)20-7-8-24(2)3)11-17(22-12)23-13-9-15(26-4)18(28-6)16(10-13)27-5/h9-11H,7-8H2,1-6H3,(H,20,25)(H,21,22,23). The van der Waals surface area contributed by atoms with Gasteiger partial charge in [-0.05, 0) is 21.0 Å². The number of anilines is 2. The second-order valence-corrected chi connectivity index (χ2v) is 6.28. The van der Waals surface area contributed by atoms with Crippen molar-refractivity contribution in [1.82, 2.24) is 20.2 Å². The molecule has 2 rings (SSSR count). The van der Waals surface area contributed by atoms with E-state index >= 15 is 0 Å². The molecule has 0 bridgehead atoms. The van der Waals surface area contributed by atoms with Gasteiger partial charge >= 0.3 is 0 Å². The van der Waals surface area contributed by atoms with E-state index in [1.165, 1.54) is 0 Å². The summed E-state index contributed by atoms with van der Waals surface area (Å²) in [5.41, 5.74) is 0.966. The molecular weight excluding hydrogens is 362 g/mol. The molecule has 1 amide bonds. The van der Waals surface area contributed by atoms with Crippen LogP contribution < -0.4 is 24.8 Å². The Morgan fingerprint density at radius 1 is 1.04 bits per heavy atom. The summed E-state index contributed by atoms with van der Waals surface area (Å²) in [5, 5.41) is 6.01. The fourth-order valence-electron chi connectivity index (χ4n) is 2.53. The van der Waals surface area contributed by atoms with Crippen LogP contribution in [0.3, 0.4) is 0 Å². The first-order valence-electron chi connectivity index (χ1n) is 8.73. The van der Waals surface area contributed by atoms with Crippen LogP contribution in [0, 0.1) is 6.92 Å². The highest BCUT2D eigenvalue weighted by Crippen LogP contribution is 2.40. The molecule has 0 fully saturated rings. The molecule has 0 aliphatic rings. The van der Waals surface area contributed by atoms with Gasteiger partial charge in [-0.3, -0.25) is 4.79 Å². The number of aromatic nitrogens is 2. The molecule has 0 saturated heterocycles. The second kappa shape index (κ2) is 9.75. The average Bonchev–Trinajstić information content (AvgIpc) is 2.66. The summed E-state index contributed by atoms with van der Waals surface area (Å²) >= 11 is 0. The van der Waals surface area contributed by atoms with E-state index in [-0.39, 0.29) is 5.91 Å². The minimum Gasteiger partial charge on any atom is -0.493 e. The van der Waals surface area contributed by atoms with Crippen molar-refractivity contribution in [2.24, 2.45) is 0 Å². The van der Waals surface area contributed by atoms with Gasteiger partial charge in [-0.15, -0.1) is 0 Å². The van der Waals surface area contributed by atoms with Crippen LogP contribution in [0.15, 0.2) is 18.2 Å². The molecule has 0 radical (unpaired) electrons. The van der Waals surface area contributed by atoms with Crippen LogP contribution in [0.2, 0.25) is 0 Å². The summed E-state index contributed by atoms with van der Waals surface area (Å²) in [5.74, 6) is 2.24. The lowest BCUT2D eigenvalue weighted by Crippen LogP contribution is -2.32. The molecule has 0 saturated carbocycles. The SMILES string of the molecule is COc1cc(Nc2cc(C(=O)NCCN(C)C)nc(C)n2)cc(OC)c1OC. The van der Waals surface area contributed by atoms with Crippen LogP contribution in [-0.2, 0) is 0 Å². The number of ether oxygens (including phenoxy) is 3. The molecule has 0 spiro atoms. The summed E-state index contributed by atoms with van der Waals surface area (Å²) in [6.07, 6.45) is 0. The summed E-state index contributed by atoms with van der Waals surface area (Å²) in [6, 6.07) is 5.12. The van der Waals surface area contributed by atoms with Crippen molar-refractivity contribution in [1.29, 1.82) is 0 Å². The van der Waals surface area contributed by atoms with E-state index in [1.807, 2.05) is 19.0 Å². The van der Waals surface area contributed by atoms with Gasteiger partial charge in [0.2, 0.25) is 5.75 Å². The van der Waals surface area contributed by atoms with E-state index in [1.54, 1.807) is 46.5 Å². The van der Waals surface area contributed by atoms with Crippen molar-refractivity contribution >= 4 is 17.4 Å². The van der Waals surface area contributed by atoms with Gasteiger partial charge in [-0.25, -0.2) is 9.97 Å². The fraction of sp³-hybridized carbons (Fsp3) is 0.421. The number of carbonyl (C=O) groups is 1. The first kappa shape index (κ1) is 21.2. The maximum Gasteiger partial charge on any atom is 0.270 e. The molecule has 0 aliphatic heterocycles. The van der Waals surface area contributed by atoms with E-state index in [4.69, 9.17) is 14.2 Å². The fourth-order valence-corrected chi connectivity index (χ4v) is 2.53. The normalized spacial score (nSPS) is 10.5. The van der Waals surface area contributed by atoms with Gasteiger partial charge in [0.1, 0.15) is 17.3 Å². The summed E-state index contributed by atoms with van der Waals surface area (Å²) in [4.78, 5) is 22.9. The Morgan fingerprint density at radius 3 is 2.21 bits per heavy atom. The topological polar surface area (TPSA) is 97.8 Å². The Hall–Kier alpha value is -3.07. The highest BCUT2D eigenvalue weighted by Gasteiger charge is 2.15. The Kier molecular flexibility index (Phi) is 7.39. The Morgan fingerprint density at radius 2 is 1.68 bits per heavy atom. The van der Waals surface area contributed by atoms with Crippen molar-refractivity contribution in [2.45, 2.75) is 6.92 Å². The van der Waals surface area contributed by atoms with E-state index < -0.39 is 0 Å². The van der Waals surface area contributed by atoms with Crippen LogP contribution >= 0.6 is 0 Å². The minimum absolute atomic E-state index is 0.250. The summed E-state index contributed by atoms with van der Waals surface area (Å²) in [7, 11) is 8.53. The number of rotatable bonds is 9. The Balaban J connectivity index is 2.25. The zero-order valence-electron chi connectivity index (χ0n) is 17.1. The third kappa shape index (κ3) is 5.46. The highest BCUT2D eigenvalue weighted by molar-refractivity contribution is 5.93. The van der Waals surface area contributed by atoms with Crippen molar-refractivity contribution in [3.8, 4) is 17.2 Å². The zero-order valence-corrected chi connectivity index (χ0v) is 17.1. The van der Waals surface area contributed by atoms with E-state index in [0.717, 1.165) is 6.54 Å². The summed E-state index contributed by atoms with van der Waals surface area (Å²) in [6.45, 7) is 3.01. The number of methoxy groups -OCH3 is 3. The molecule has 0 atom stereocenters. The third-order valence-electron chi connectivity index (χ3n) is 3.85. The predicted molar refractivity (Wildman–Crippen MR) is 107 cm³/mol. The molecular formula is C19H27N5O4. The van der Waals surface area contributed by atoms with Gasteiger partial charge in [0.25, 0.3) is 5.91 Å². The molecule has 0 unspecified atom stereocenters. The summed E-state index contributed by atoms with van der Waals surface area (Å²) < 4.78 is 16.0. The molecule has 2 N–H and O–H groups in total. The number of carbonyl (C=O) groups excluding carboxylic acids is 1. The van der Waals surface area contributed by atoms with Crippen LogP contribution in [-0.4, -0.2) is 69.3 Å². The number of nitrogens with zero attached hydrogens (tertiary/aromatic N) is 3. The van der Waals surface area contributed by atoms with Crippen LogP contribution in [0.1, 0.15) is 16.3 Å².